The van der Waals surface area contributed by atoms with E-state index in [9.17, 15) is 4.79 Å². The zero-order valence-electron chi connectivity index (χ0n) is 15.5. The molecule has 1 saturated heterocycles. The van der Waals surface area contributed by atoms with Gasteiger partial charge in [-0.2, -0.15) is 0 Å². The van der Waals surface area contributed by atoms with Gasteiger partial charge in [0.15, 0.2) is 5.12 Å². The van der Waals surface area contributed by atoms with E-state index in [0.29, 0.717) is 5.75 Å². The second kappa shape index (κ2) is 7.86. The summed E-state index contributed by atoms with van der Waals surface area (Å²) >= 11 is 4.71. The van der Waals surface area contributed by atoms with E-state index in [1.54, 1.807) is 14.0 Å². The highest BCUT2D eigenvalue weighted by atomic mass is 79.9. The van der Waals surface area contributed by atoms with Gasteiger partial charge in [0, 0.05) is 12.7 Å². The largest absolute Gasteiger partial charge is 0.496 e. The Balaban J connectivity index is 2.35. The Hall–Kier alpha value is -0.755. The summed E-state index contributed by atoms with van der Waals surface area (Å²) in [5.74, 6) is 1.27. The fourth-order valence-electron chi connectivity index (χ4n) is 2.34. The summed E-state index contributed by atoms with van der Waals surface area (Å²) in [4.78, 5) is 11.4. The summed E-state index contributed by atoms with van der Waals surface area (Å²) in [7, 11) is 1.15. The molecule has 1 aromatic rings. The van der Waals surface area contributed by atoms with Gasteiger partial charge in [0.2, 0.25) is 0 Å². The van der Waals surface area contributed by atoms with Gasteiger partial charge in [0.25, 0.3) is 0 Å². The molecule has 0 unspecified atom stereocenters. The Kier molecular flexibility index (Phi) is 6.47. The highest BCUT2D eigenvalue weighted by Crippen LogP contribution is 2.39. The summed E-state index contributed by atoms with van der Waals surface area (Å²) in [6.07, 6.45) is 2.01. The summed E-state index contributed by atoms with van der Waals surface area (Å²) in [5, 5.41) is 0.0656. The van der Waals surface area contributed by atoms with Crippen molar-refractivity contribution in [3.63, 3.8) is 0 Å². The third kappa shape index (κ3) is 4.91. The molecule has 0 aromatic heterocycles. The molecule has 1 aliphatic rings. The van der Waals surface area contributed by atoms with Crippen LogP contribution >= 0.6 is 27.7 Å². The molecular weight excluding hydrogens is 403 g/mol. The molecule has 0 bridgehead atoms. The lowest BCUT2D eigenvalue weighted by Gasteiger charge is -2.32. The van der Waals surface area contributed by atoms with Crippen molar-refractivity contribution in [1.82, 2.24) is 0 Å². The Bertz CT molecular complexity index is 672. The molecule has 1 heterocycles. The molecule has 25 heavy (non-hydrogen) atoms. The van der Waals surface area contributed by atoms with E-state index in [2.05, 4.69) is 15.9 Å². The molecule has 0 N–H and O–H groups in total. The second-order valence-electron chi connectivity index (χ2n) is 6.98. The van der Waals surface area contributed by atoms with Crippen LogP contribution in [0.1, 0.15) is 40.2 Å². The van der Waals surface area contributed by atoms with Crippen LogP contribution in [0.4, 0.5) is 0 Å². The zero-order valence-corrected chi connectivity index (χ0v) is 17.9. The second-order valence-corrected chi connectivity index (χ2v) is 8.99. The molecule has 136 valence electrons. The van der Waals surface area contributed by atoms with Gasteiger partial charge in [0.1, 0.15) is 5.75 Å². The summed E-state index contributed by atoms with van der Waals surface area (Å²) in [6, 6.07) is 5.86. The number of carbonyl (C=O) groups is 1. The van der Waals surface area contributed by atoms with E-state index in [1.807, 2.05) is 52.0 Å². The molecule has 0 atom stereocenters. The molecule has 0 saturated carbocycles. The average Bonchev–Trinajstić information content (AvgIpc) is 2.73. The lowest BCUT2D eigenvalue weighted by atomic mass is 9.78. The van der Waals surface area contributed by atoms with E-state index in [4.69, 9.17) is 14.0 Å². The Morgan fingerprint density at radius 3 is 2.40 bits per heavy atom. The van der Waals surface area contributed by atoms with Crippen LogP contribution in [0.15, 0.2) is 28.1 Å². The molecule has 2 rings (SSSR count). The van der Waals surface area contributed by atoms with Crippen LogP contribution in [-0.4, -0.2) is 36.3 Å². The summed E-state index contributed by atoms with van der Waals surface area (Å²) in [5.41, 5.74) is 1.04. The van der Waals surface area contributed by atoms with Gasteiger partial charge in [-0.05, 0) is 66.8 Å². The maximum absolute atomic E-state index is 11.4. The van der Waals surface area contributed by atoms with Crippen molar-refractivity contribution in [2.45, 2.75) is 45.8 Å². The number of hydrogen-bond acceptors (Lipinski definition) is 5. The van der Waals surface area contributed by atoms with Crippen molar-refractivity contribution < 1.29 is 18.8 Å². The van der Waals surface area contributed by atoms with Crippen LogP contribution in [0, 0.1) is 0 Å². The number of carbonyl (C=O) groups excluding carboxylic acids is 1. The zero-order chi connectivity index (χ0) is 18.8. The standard InChI is InChI=1S/C18H24BBrO4S/c1-12(21)25-11-14(19-23-17(2,3)18(4,5)24-19)9-13-7-8-15(20)16(10-13)22-6/h7-10H,11H2,1-6H3. The minimum atomic E-state index is -0.480. The van der Waals surface area contributed by atoms with Crippen LogP contribution in [0.5, 0.6) is 5.75 Å². The maximum Gasteiger partial charge on any atom is 0.491 e. The number of halogens is 1. The molecule has 0 spiro atoms. The third-order valence-corrected chi connectivity index (χ3v) is 6.06. The van der Waals surface area contributed by atoms with E-state index in [-0.39, 0.29) is 5.12 Å². The normalized spacial score (nSPS) is 19.2. The number of thioether (sulfide) groups is 1. The van der Waals surface area contributed by atoms with Crippen molar-refractivity contribution in [3.8, 4) is 5.75 Å². The lowest BCUT2D eigenvalue weighted by Crippen LogP contribution is -2.41. The van der Waals surface area contributed by atoms with E-state index in [0.717, 1.165) is 21.3 Å². The predicted octanol–water partition coefficient (Wildman–Crippen LogP) is 4.75. The van der Waals surface area contributed by atoms with Crippen molar-refractivity contribution in [2.75, 3.05) is 12.9 Å². The van der Waals surface area contributed by atoms with Gasteiger partial charge in [-0.1, -0.05) is 23.9 Å². The van der Waals surface area contributed by atoms with Crippen LogP contribution in [0.3, 0.4) is 0 Å². The molecule has 0 amide bonds. The first kappa shape index (κ1) is 20.6. The van der Waals surface area contributed by atoms with Crippen LogP contribution in [0.2, 0.25) is 0 Å². The first-order chi connectivity index (χ1) is 11.6. The lowest BCUT2D eigenvalue weighted by molar-refractivity contribution is -0.109. The van der Waals surface area contributed by atoms with Gasteiger partial charge in [-0.25, -0.2) is 0 Å². The molecule has 1 aliphatic heterocycles. The molecule has 1 aromatic carbocycles. The highest BCUT2D eigenvalue weighted by Gasteiger charge is 2.52. The quantitative estimate of drug-likeness (QED) is 0.635. The number of hydrogen-bond donors (Lipinski definition) is 0. The third-order valence-electron chi connectivity index (χ3n) is 4.53. The molecular formula is C18H24BBrO4S. The van der Waals surface area contributed by atoms with E-state index < -0.39 is 18.3 Å². The Labute approximate surface area is 163 Å². The molecule has 0 aliphatic carbocycles. The highest BCUT2D eigenvalue weighted by molar-refractivity contribution is 9.10. The number of rotatable bonds is 5. The molecule has 0 radical (unpaired) electrons. The minimum Gasteiger partial charge on any atom is -0.496 e. The average molecular weight is 427 g/mol. The number of benzene rings is 1. The summed E-state index contributed by atoms with van der Waals surface area (Å²) in [6.45, 7) is 9.64. The number of methoxy groups -OCH3 is 1. The molecule has 4 nitrogen and oxygen atoms in total. The SMILES string of the molecule is COc1cc(C=C(CSC(C)=O)B2OC(C)(C)C(C)(C)O2)ccc1Br. The maximum atomic E-state index is 11.4. The van der Waals surface area contributed by atoms with E-state index >= 15 is 0 Å². The predicted molar refractivity (Wildman–Crippen MR) is 108 cm³/mol. The minimum absolute atomic E-state index is 0.0656. The van der Waals surface area contributed by atoms with Gasteiger partial charge in [-0.15, -0.1) is 0 Å². The van der Waals surface area contributed by atoms with Gasteiger partial charge in [0.05, 0.1) is 22.8 Å². The van der Waals surface area contributed by atoms with Gasteiger partial charge >= 0.3 is 7.12 Å². The van der Waals surface area contributed by atoms with Crippen LogP contribution in [-0.2, 0) is 14.1 Å². The Morgan fingerprint density at radius 1 is 1.28 bits per heavy atom. The fourth-order valence-corrected chi connectivity index (χ4v) is 3.34. The summed E-state index contributed by atoms with van der Waals surface area (Å²) < 4.78 is 18.6. The molecule has 1 fully saturated rings. The van der Waals surface area contributed by atoms with Crippen molar-refractivity contribution in [3.05, 3.63) is 33.7 Å². The fraction of sp³-hybridized carbons (Fsp3) is 0.500. The first-order valence-corrected chi connectivity index (χ1v) is 9.86. The van der Waals surface area contributed by atoms with Crippen LogP contribution in [0.25, 0.3) is 6.08 Å². The van der Waals surface area contributed by atoms with Gasteiger partial charge < -0.3 is 14.0 Å². The van der Waals surface area contributed by atoms with E-state index in [1.165, 1.54) is 11.8 Å². The van der Waals surface area contributed by atoms with Gasteiger partial charge in [-0.3, -0.25) is 4.79 Å². The first-order valence-electron chi connectivity index (χ1n) is 8.09. The van der Waals surface area contributed by atoms with Crippen molar-refractivity contribution in [1.29, 1.82) is 0 Å². The number of ether oxygens (including phenoxy) is 1. The van der Waals surface area contributed by atoms with Crippen molar-refractivity contribution in [2.24, 2.45) is 0 Å². The monoisotopic (exact) mass is 426 g/mol. The topological polar surface area (TPSA) is 44.8 Å². The molecule has 7 heteroatoms. The van der Waals surface area contributed by atoms with Crippen molar-refractivity contribution >= 4 is 46.0 Å². The Morgan fingerprint density at radius 2 is 1.88 bits per heavy atom. The smallest absolute Gasteiger partial charge is 0.491 e. The van der Waals surface area contributed by atoms with Crippen LogP contribution < -0.4 is 4.74 Å².